The fourth-order valence-corrected chi connectivity index (χ4v) is 2.94. The van der Waals surface area contributed by atoms with Crippen LogP contribution in [0.2, 0.25) is 0 Å². The fraction of sp³-hybridized carbons (Fsp3) is 0.333. The van der Waals surface area contributed by atoms with Crippen molar-refractivity contribution in [3.8, 4) is 10.7 Å². The Balaban J connectivity index is 2.37. The van der Waals surface area contributed by atoms with Crippen LogP contribution >= 0.6 is 39.5 Å². The Kier molecular flexibility index (Phi) is 3.91. The van der Waals surface area contributed by atoms with Crippen molar-refractivity contribution in [1.82, 2.24) is 14.8 Å². The van der Waals surface area contributed by atoms with Gasteiger partial charge in [-0.1, -0.05) is 0 Å². The Morgan fingerprint density at radius 1 is 1.62 bits per heavy atom. The molecule has 7 heteroatoms. The molecule has 2 aromatic rings. The van der Waals surface area contributed by atoms with Crippen molar-refractivity contribution in [2.75, 3.05) is 13.7 Å². The van der Waals surface area contributed by atoms with Gasteiger partial charge in [0.25, 0.3) is 0 Å². The Hall–Kier alpha value is -0.500. The molecule has 0 aromatic carbocycles. The highest BCUT2D eigenvalue weighted by Crippen LogP contribution is 2.29. The van der Waals surface area contributed by atoms with Crippen LogP contribution in [0.4, 0.5) is 0 Å². The molecule has 1 N–H and O–H groups in total. The SMILES string of the molecule is COCCn1c(-c2ccc(Br)s2)n[nH]c1=S. The van der Waals surface area contributed by atoms with Gasteiger partial charge in [-0.2, -0.15) is 5.10 Å². The number of methoxy groups -OCH3 is 1. The number of ether oxygens (including phenoxy) is 1. The summed E-state index contributed by atoms with van der Waals surface area (Å²) < 4.78 is 8.69. The minimum Gasteiger partial charge on any atom is -0.383 e. The smallest absolute Gasteiger partial charge is 0.195 e. The van der Waals surface area contributed by atoms with Crippen LogP contribution in [0.3, 0.4) is 0 Å². The molecule has 2 heterocycles. The molecule has 2 rings (SSSR count). The molecule has 0 radical (unpaired) electrons. The number of aromatic amines is 1. The van der Waals surface area contributed by atoms with Gasteiger partial charge < -0.3 is 4.74 Å². The largest absolute Gasteiger partial charge is 0.383 e. The van der Waals surface area contributed by atoms with E-state index in [1.165, 1.54) is 0 Å². The molecule has 0 amide bonds. The maximum Gasteiger partial charge on any atom is 0.195 e. The summed E-state index contributed by atoms with van der Waals surface area (Å²) in [7, 11) is 1.67. The average molecular weight is 320 g/mol. The highest BCUT2D eigenvalue weighted by Gasteiger charge is 2.10. The molecular weight excluding hydrogens is 310 g/mol. The van der Waals surface area contributed by atoms with Crippen molar-refractivity contribution in [2.45, 2.75) is 6.54 Å². The summed E-state index contributed by atoms with van der Waals surface area (Å²) in [5.74, 6) is 0.859. The van der Waals surface area contributed by atoms with Gasteiger partial charge in [0.15, 0.2) is 10.6 Å². The lowest BCUT2D eigenvalue weighted by molar-refractivity contribution is 0.187. The molecule has 16 heavy (non-hydrogen) atoms. The summed E-state index contributed by atoms with van der Waals surface area (Å²) in [5.41, 5.74) is 0. The van der Waals surface area contributed by atoms with Crippen molar-refractivity contribution in [1.29, 1.82) is 0 Å². The van der Waals surface area contributed by atoms with Crippen molar-refractivity contribution < 1.29 is 4.74 Å². The predicted molar refractivity (Wildman–Crippen MR) is 70.3 cm³/mol. The van der Waals surface area contributed by atoms with Gasteiger partial charge in [0.05, 0.1) is 21.8 Å². The lowest BCUT2D eigenvalue weighted by atomic mass is 10.4. The molecule has 0 bridgehead atoms. The second-order valence-corrected chi connectivity index (χ2v) is 5.95. The van der Waals surface area contributed by atoms with E-state index in [1.807, 2.05) is 16.7 Å². The molecule has 0 unspecified atom stereocenters. The first-order valence-electron chi connectivity index (χ1n) is 4.62. The molecule has 86 valence electrons. The quantitative estimate of drug-likeness (QED) is 0.881. The number of hydrogen-bond acceptors (Lipinski definition) is 4. The lowest BCUT2D eigenvalue weighted by Gasteiger charge is -2.03. The van der Waals surface area contributed by atoms with Crippen LogP contribution < -0.4 is 0 Å². The summed E-state index contributed by atoms with van der Waals surface area (Å²) in [6, 6.07) is 4.02. The minimum absolute atomic E-state index is 0.618. The molecule has 0 spiro atoms. The van der Waals surface area contributed by atoms with E-state index in [9.17, 15) is 0 Å². The molecule has 0 atom stereocenters. The zero-order valence-electron chi connectivity index (χ0n) is 8.57. The van der Waals surface area contributed by atoms with Gasteiger partial charge in [-0.05, 0) is 40.3 Å². The van der Waals surface area contributed by atoms with E-state index >= 15 is 0 Å². The van der Waals surface area contributed by atoms with E-state index in [0.29, 0.717) is 17.9 Å². The predicted octanol–water partition coefficient (Wildman–Crippen LogP) is 3.08. The third kappa shape index (κ3) is 2.42. The van der Waals surface area contributed by atoms with Crippen molar-refractivity contribution in [3.63, 3.8) is 0 Å². The third-order valence-electron chi connectivity index (χ3n) is 2.07. The molecule has 0 saturated heterocycles. The number of aromatic nitrogens is 3. The van der Waals surface area contributed by atoms with Gasteiger partial charge in [-0.3, -0.25) is 9.67 Å². The van der Waals surface area contributed by atoms with Crippen LogP contribution in [0, 0.1) is 4.77 Å². The zero-order valence-corrected chi connectivity index (χ0v) is 11.8. The third-order valence-corrected chi connectivity index (χ3v) is 4.00. The average Bonchev–Trinajstić information content (AvgIpc) is 2.82. The number of hydrogen-bond donors (Lipinski definition) is 1. The van der Waals surface area contributed by atoms with Crippen LogP contribution in [0.5, 0.6) is 0 Å². The molecular formula is C9H10BrN3OS2. The first-order chi connectivity index (χ1) is 7.72. The Morgan fingerprint density at radius 3 is 3.06 bits per heavy atom. The monoisotopic (exact) mass is 319 g/mol. The second-order valence-electron chi connectivity index (χ2n) is 3.10. The van der Waals surface area contributed by atoms with Crippen LogP contribution in [0.1, 0.15) is 0 Å². The number of thiophene rings is 1. The first kappa shape index (κ1) is 12.0. The van der Waals surface area contributed by atoms with E-state index in [0.717, 1.165) is 14.5 Å². The molecule has 0 aliphatic rings. The topological polar surface area (TPSA) is 42.8 Å². The summed E-state index contributed by atoms with van der Waals surface area (Å²) in [4.78, 5) is 1.08. The number of H-pyrrole nitrogens is 1. The minimum atomic E-state index is 0.618. The van der Waals surface area contributed by atoms with Crippen LogP contribution in [0.25, 0.3) is 10.7 Å². The fourth-order valence-electron chi connectivity index (χ4n) is 1.33. The zero-order chi connectivity index (χ0) is 11.5. The number of nitrogens with one attached hydrogen (secondary N) is 1. The summed E-state index contributed by atoms with van der Waals surface area (Å²) in [6.45, 7) is 1.32. The maximum atomic E-state index is 5.18. The van der Waals surface area contributed by atoms with Crippen molar-refractivity contribution >= 4 is 39.5 Å². The van der Waals surface area contributed by atoms with Gasteiger partial charge in [0, 0.05) is 7.11 Å². The Morgan fingerprint density at radius 2 is 2.44 bits per heavy atom. The molecule has 0 aliphatic heterocycles. The van der Waals surface area contributed by atoms with E-state index in [4.69, 9.17) is 17.0 Å². The highest BCUT2D eigenvalue weighted by molar-refractivity contribution is 9.11. The van der Waals surface area contributed by atoms with E-state index in [-0.39, 0.29) is 0 Å². The van der Waals surface area contributed by atoms with Crippen molar-refractivity contribution in [2.24, 2.45) is 0 Å². The Labute approximate surface area is 110 Å². The number of nitrogens with zero attached hydrogens (tertiary/aromatic N) is 2. The normalized spacial score (nSPS) is 10.9. The first-order valence-corrected chi connectivity index (χ1v) is 6.64. The highest BCUT2D eigenvalue weighted by atomic mass is 79.9. The van der Waals surface area contributed by atoms with E-state index in [2.05, 4.69) is 26.1 Å². The van der Waals surface area contributed by atoms with Crippen LogP contribution in [0.15, 0.2) is 15.9 Å². The molecule has 0 aliphatic carbocycles. The van der Waals surface area contributed by atoms with Gasteiger partial charge >= 0.3 is 0 Å². The van der Waals surface area contributed by atoms with Crippen LogP contribution in [-0.4, -0.2) is 28.5 Å². The Bertz CT molecular complexity index is 531. The van der Waals surface area contributed by atoms with E-state index in [1.54, 1.807) is 18.4 Å². The summed E-state index contributed by atoms with van der Waals surface area (Å²) >= 11 is 10.2. The number of rotatable bonds is 4. The molecule has 0 saturated carbocycles. The van der Waals surface area contributed by atoms with Gasteiger partial charge in [-0.25, -0.2) is 0 Å². The standard InChI is InChI=1S/C9H10BrN3OS2/c1-14-5-4-13-8(11-12-9(13)15)6-2-3-7(10)16-6/h2-3H,4-5H2,1H3,(H,12,15). The second kappa shape index (κ2) is 5.22. The van der Waals surface area contributed by atoms with Crippen molar-refractivity contribution in [3.05, 3.63) is 20.7 Å². The molecule has 2 aromatic heterocycles. The summed E-state index contributed by atoms with van der Waals surface area (Å²) in [6.07, 6.45) is 0. The van der Waals surface area contributed by atoms with E-state index < -0.39 is 0 Å². The molecule has 0 fully saturated rings. The number of halogens is 1. The summed E-state index contributed by atoms with van der Waals surface area (Å²) in [5, 5.41) is 7.04. The maximum absolute atomic E-state index is 5.18. The van der Waals surface area contributed by atoms with Gasteiger partial charge in [0.1, 0.15) is 0 Å². The molecule has 4 nitrogen and oxygen atoms in total. The van der Waals surface area contributed by atoms with Gasteiger partial charge in [-0.15, -0.1) is 11.3 Å². The lowest BCUT2D eigenvalue weighted by Crippen LogP contribution is -2.05. The van der Waals surface area contributed by atoms with Gasteiger partial charge in [0.2, 0.25) is 0 Å². The van der Waals surface area contributed by atoms with Crippen LogP contribution in [-0.2, 0) is 11.3 Å².